The summed E-state index contributed by atoms with van der Waals surface area (Å²) in [5.41, 5.74) is 0.544. The van der Waals surface area contributed by atoms with Crippen molar-refractivity contribution in [2.45, 2.75) is 13.0 Å². The van der Waals surface area contributed by atoms with Crippen LogP contribution < -0.4 is 15.8 Å². The minimum Gasteiger partial charge on any atom is -0.363 e. The first-order chi connectivity index (χ1) is 10.1. The van der Waals surface area contributed by atoms with Crippen molar-refractivity contribution in [3.05, 3.63) is 38.9 Å². The predicted molar refractivity (Wildman–Crippen MR) is 78.7 cm³/mol. The van der Waals surface area contributed by atoms with Crippen LogP contribution in [-0.2, 0) is 0 Å². The lowest BCUT2D eigenvalue weighted by Gasteiger charge is -2.33. The zero-order valence-electron chi connectivity index (χ0n) is 11.5. The number of aromatic amines is 1. The molecule has 2 aromatic rings. The van der Waals surface area contributed by atoms with Gasteiger partial charge < -0.3 is 15.2 Å². The van der Waals surface area contributed by atoms with Gasteiger partial charge in [-0.25, -0.2) is 4.98 Å². The number of benzene rings is 1. The third-order valence-corrected chi connectivity index (χ3v) is 3.64. The maximum absolute atomic E-state index is 11.8. The lowest BCUT2D eigenvalue weighted by atomic mass is 10.1. The number of nitro benzene ring substituents is 1. The molecule has 2 heterocycles. The molecular weight excluding hydrogens is 274 g/mol. The Morgan fingerprint density at radius 1 is 1.48 bits per heavy atom. The van der Waals surface area contributed by atoms with Gasteiger partial charge >= 0.3 is 0 Å². The van der Waals surface area contributed by atoms with E-state index in [1.54, 1.807) is 6.07 Å². The molecule has 110 valence electrons. The Morgan fingerprint density at radius 3 is 3.00 bits per heavy atom. The fraction of sp³-hybridized carbons (Fsp3) is 0.385. The summed E-state index contributed by atoms with van der Waals surface area (Å²) in [7, 11) is 0. The van der Waals surface area contributed by atoms with Crippen LogP contribution in [0.4, 0.5) is 11.4 Å². The first-order valence-electron chi connectivity index (χ1n) is 6.70. The second kappa shape index (κ2) is 5.13. The van der Waals surface area contributed by atoms with Gasteiger partial charge in [0.05, 0.1) is 22.2 Å². The molecule has 1 atom stereocenters. The molecule has 0 bridgehead atoms. The van der Waals surface area contributed by atoms with Crippen LogP contribution in [0, 0.1) is 10.1 Å². The molecule has 1 aromatic heterocycles. The number of rotatable bonds is 2. The molecule has 1 fully saturated rings. The quantitative estimate of drug-likeness (QED) is 0.620. The van der Waals surface area contributed by atoms with Gasteiger partial charge in [-0.05, 0) is 13.0 Å². The van der Waals surface area contributed by atoms with E-state index >= 15 is 0 Å². The Hall–Kier alpha value is -2.48. The van der Waals surface area contributed by atoms with Crippen molar-refractivity contribution < 1.29 is 4.92 Å². The minimum absolute atomic E-state index is 0.0601. The normalized spacial score (nSPS) is 18.9. The highest BCUT2D eigenvalue weighted by Crippen LogP contribution is 2.31. The number of H-pyrrole nitrogens is 1. The van der Waals surface area contributed by atoms with Crippen molar-refractivity contribution in [3.8, 4) is 0 Å². The number of nitrogens with one attached hydrogen (secondary N) is 2. The summed E-state index contributed by atoms with van der Waals surface area (Å²) < 4.78 is 0. The van der Waals surface area contributed by atoms with Gasteiger partial charge in [0, 0.05) is 31.7 Å². The molecule has 2 N–H and O–H groups in total. The molecule has 1 aliphatic rings. The first-order valence-corrected chi connectivity index (χ1v) is 6.70. The summed E-state index contributed by atoms with van der Waals surface area (Å²) in [5, 5.41) is 14.9. The minimum atomic E-state index is -0.450. The number of nitrogens with zero attached hydrogens (tertiary/aromatic N) is 3. The molecule has 1 aliphatic heterocycles. The monoisotopic (exact) mass is 289 g/mol. The summed E-state index contributed by atoms with van der Waals surface area (Å²) in [4.78, 5) is 31.1. The summed E-state index contributed by atoms with van der Waals surface area (Å²) >= 11 is 0. The summed E-state index contributed by atoms with van der Waals surface area (Å²) in [6.07, 6.45) is 1.31. The van der Waals surface area contributed by atoms with Crippen LogP contribution in [-0.4, -0.2) is 40.6 Å². The predicted octanol–water partition coefficient (Wildman–Crippen LogP) is 0.629. The highest BCUT2D eigenvalue weighted by Gasteiger charge is 2.25. The molecule has 3 rings (SSSR count). The Morgan fingerprint density at radius 2 is 2.29 bits per heavy atom. The molecule has 8 heteroatoms. The standard InChI is InChI=1S/C13H15N5O3/c1-8-6-17(3-2-14-8)11-5-10-9(4-12(11)18(20)21)13(19)16-7-15-10/h4-5,7-8,14H,2-3,6H2,1H3,(H,15,16,19). The molecular formula is C13H15N5O3. The average molecular weight is 289 g/mol. The third kappa shape index (κ3) is 2.45. The second-order valence-electron chi connectivity index (χ2n) is 5.15. The Balaban J connectivity index is 2.18. The zero-order valence-corrected chi connectivity index (χ0v) is 11.5. The number of aromatic nitrogens is 2. The van der Waals surface area contributed by atoms with E-state index in [-0.39, 0.29) is 22.7 Å². The van der Waals surface area contributed by atoms with Gasteiger partial charge in [-0.15, -0.1) is 0 Å². The molecule has 0 amide bonds. The lowest BCUT2D eigenvalue weighted by Crippen LogP contribution is -2.49. The van der Waals surface area contributed by atoms with Crippen LogP contribution in [0.3, 0.4) is 0 Å². The fourth-order valence-electron chi connectivity index (χ4n) is 2.64. The van der Waals surface area contributed by atoms with Crippen molar-refractivity contribution in [2.75, 3.05) is 24.5 Å². The molecule has 1 unspecified atom stereocenters. The van der Waals surface area contributed by atoms with E-state index in [1.165, 1.54) is 12.4 Å². The fourth-order valence-corrected chi connectivity index (χ4v) is 2.64. The number of fused-ring (bicyclic) bond motifs is 1. The molecule has 0 aliphatic carbocycles. The van der Waals surface area contributed by atoms with E-state index < -0.39 is 4.92 Å². The first kappa shape index (κ1) is 13.5. The molecule has 0 saturated carbocycles. The lowest BCUT2D eigenvalue weighted by molar-refractivity contribution is -0.384. The average Bonchev–Trinajstić information content (AvgIpc) is 2.46. The van der Waals surface area contributed by atoms with Gasteiger partial charge in [-0.1, -0.05) is 0 Å². The van der Waals surface area contributed by atoms with Crippen LogP contribution in [0.25, 0.3) is 10.9 Å². The van der Waals surface area contributed by atoms with Crippen molar-refractivity contribution in [1.82, 2.24) is 15.3 Å². The maximum atomic E-state index is 11.8. The van der Waals surface area contributed by atoms with E-state index in [4.69, 9.17) is 0 Å². The van der Waals surface area contributed by atoms with Gasteiger partial charge in [0.2, 0.25) is 0 Å². The molecule has 21 heavy (non-hydrogen) atoms. The van der Waals surface area contributed by atoms with Crippen LogP contribution in [0.5, 0.6) is 0 Å². The van der Waals surface area contributed by atoms with Gasteiger partial charge in [0.25, 0.3) is 11.2 Å². The van der Waals surface area contributed by atoms with Gasteiger partial charge in [-0.2, -0.15) is 0 Å². The van der Waals surface area contributed by atoms with Crippen LogP contribution in [0.15, 0.2) is 23.3 Å². The van der Waals surface area contributed by atoms with Crippen LogP contribution >= 0.6 is 0 Å². The summed E-state index contributed by atoms with van der Waals surface area (Å²) in [6, 6.07) is 3.19. The topological polar surface area (TPSA) is 104 Å². The number of piperazine rings is 1. The smallest absolute Gasteiger partial charge is 0.293 e. The molecule has 1 saturated heterocycles. The van der Waals surface area contributed by atoms with E-state index in [0.29, 0.717) is 24.3 Å². The van der Waals surface area contributed by atoms with Crippen molar-refractivity contribution in [2.24, 2.45) is 0 Å². The zero-order chi connectivity index (χ0) is 15.0. The summed E-state index contributed by atoms with van der Waals surface area (Å²) in [5.74, 6) is 0. The van der Waals surface area contributed by atoms with Crippen LogP contribution in [0.1, 0.15) is 6.92 Å². The molecule has 0 radical (unpaired) electrons. The number of nitro groups is 1. The summed E-state index contributed by atoms with van der Waals surface area (Å²) in [6.45, 7) is 4.15. The van der Waals surface area contributed by atoms with Crippen molar-refractivity contribution in [1.29, 1.82) is 0 Å². The van der Waals surface area contributed by atoms with Crippen LogP contribution in [0.2, 0.25) is 0 Å². The highest BCUT2D eigenvalue weighted by atomic mass is 16.6. The van der Waals surface area contributed by atoms with E-state index in [9.17, 15) is 14.9 Å². The van der Waals surface area contributed by atoms with E-state index in [0.717, 1.165) is 6.54 Å². The SMILES string of the molecule is CC1CN(c2cc3nc[nH]c(=O)c3cc2[N+](=O)[O-])CCN1. The van der Waals surface area contributed by atoms with Gasteiger partial charge in [-0.3, -0.25) is 14.9 Å². The Labute approximate surface area is 119 Å². The largest absolute Gasteiger partial charge is 0.363 e. The third-order valence-electron chi connectivity index (χ3n) is 3.64. The molecule has 0 spiro atoms. The van der Waals surface area contributed by atoms with Crippen molar-refractivity contribution in [3.63, 3.8) is 0 Å². The van der Waals surface area contributed by atoms with Gasteiger partial charge in [0.15, 0.2) is 0 Å². The van der Waals surface area contributed by atoms with E-state index in [2.05, 4.69) is 15.3 Å². The number of hydrogen-bond donors (Lipinski definition) is 2. The maximum Gasteiger partial charge on any atom is 0.293 e. The van der Waals surface area contributed by atoms with Crippen molar-refractivity contribution >= 4 is 22.3 Å². The van der Waals surface area contributed by atoms with Gasteiger partial charge in [0.1, 0.15) is 5.69 Å². The number of hydrogen-bond acceptors (Lipinski definition) is 6. The Bertz CT molecular complexity index is 757. The number of anilines is 1. The highest BCUT2D eigenvalue weighted by molar-refractivity contribution is 5.87. The second-order valence-corrected chi connectivity index (χ2v) is 5.15. The Kier molecular flexibility index (Phi) is 3.30. The molecule has 1 aromatic carbocycles. The van der Waals surface area contributed by atoms with E-state index in [1.807, 2.05) is 11.8 Å². The molecule has 8 nitrogen and oxygen atoms in total.